The number of rotatable bonds is 4. The van der Waals surface area contributed by atoms with Crippen molar-refractivity contribution in [1.82, 2.24) is 5.01 Å². The van der Waals surface area contributed by atoms with Crippen molar-refractivity contribution in [2.75, 3.05) is 6.61 Å². The van der Waals surface area contributed by atoms with Crippen LogP contribution in [0.15, 0.2) is 64.2 Å². The van der Waals surface area contributed by atoms with Crippen molar-refractivity contribution in [3.8, 4) is 5.75 Å². The van der Waals surface area contributed by atoms with Crippen LogP contribution >= 0.6 is 23.4 Å². The molecule has 0 fully saturated rings. The number of thioether (sulfide) groups is 1. The Kier molecular flexibility index (Phi) is 5.02. The normalized spacial score (nSPS) is 17.5. The number of para-hydroxylation sites is 1. The zero-order chi connectivity index (χ0) is 19.7. The number of fused-ring (bicyclic) bond motifs is 1. The van der Waals surface area contributed by atoms with Crippen LogP contribution in [0.2, 0.25) is 5.02 Å². The van der Waals surface area contributed by atoms with E-state index in [1.54, 1.807) is 24.3 Å². The molecule has 140 valence electrons. The Morgan fingerprint density at radius 2 is 1.96 bits per heavy atom. The van der Waals surface area contributed by atoms with Crippen molar-refractivity contribution in [2.24, 2.45) is 10.1 Å². The zero-order valence-corrected chi connectivity index (χ0v) is 16.4. The summed E-state index contributed by atoms with van der Waals surface area (Å²) in [4.78, 5) is 16.5. The topological polar surface area (TPSA) is 78.1 Å². The molecule has 8 heteroatoms. The molecule has 0 atom stereocenters. The van der Waals surface area contributed by atoms with E-state index in [1.165, 1.54) is 16.8 Å². The number of hydrogen-bond acceptors (Lipinski definition) is 5. The molecule has 2 aromatic carbocycles. The smallest absolute Gasteiger partial charge is 0.283 e. The average Bonchev–Trinajstić information content (AvgIpc) is 3.09. The molecule has 0 aromatic heterocycles. The number of aryl methyl sites for hydroxylation is 1. The molecule has 6 nitrogen and oxygen atoms in total. The summed E-state index contributed by atoms with van der Waals surface area (Å²) >= 11 is 7.39. The maximum Gasteiger partial charge on any atom is 0.283 e. The van der Waals surface area contributed by atoms with Crippen LogP contribution in [-0.4, -0.2) is 33.6 Å². The number of hydrogen-bond donors (Lipinski definition) is 1. The molecular formula is C20H15ClN4O2S. The van der Waals surface area contributed by atoms with Gasteiger partial charge in [-0.1, -0.05) is 48.0 Å². The number of nitrogens with zero attached hydrogens (tertiary/aromatic N) is 3. The fourth-order valence-corrected chi connectivity index (χ4v) is 3.68. The molecule has 4 rings (SSSR count). The number of hydrazone groups is 1. The van der Waals surface area contributed by atoms with Crippen molar-refractivity contribution in [2.45, 2.75) is 6.92 Å². The van der Waals surface area contributed by atoms with Gasteiger partial charge in [0.15, 0.2) is 5.84 Å². The lowest BCUT2D eigenvalue weighted by atomic mass is 10.1. The molecular weight excluding hydrogens is 396 g/mol. The number of carbonyl (C=O) groups excluding carboxylic acids is 1. The molecule has 0 unspecified atom stereocenters. The number of amides is 1. The molecule has 0 spiro atoms. The predicted molar refractivity (Wildman–Crippen MR) is 113 cm³/mol. The summed E-state index contributed by atoms with van der Waals surface area (Å²) < 4.78 is 5.81. The standard InChI is InChI=1S/C20H15ClN4O2S/c1-12-6-2-5-9-16(12)27-11-17-24-25-18(22)14(19(26)23-20(25)28-17)10-13-7-3-4-8-15(13)21/h2-10,22H,11H2,1H3/b14-10-,22-18?. The largest absolute Gasteiger partial charge is 0.486 e. The second-order valence-electron chi connectivity index (χ2n) is 6.09. The van der Waals surface area contributed by atoms with Crippen LogP contribution in [-0.2, 0) is 4.79 Å². The Morgan fingerprint density at radius 1 is 1.21 bits per heavy atom. The monoisotopic (exact) mass is 410 g/mol. The van der Waals surface area contributed by atoms with Crippen molar-refractivity contribution in [3.63, 3.8) is 0 Å². The van der Waals surface area contributed by atoms with Crippen molar-refractivity contribution in [1.29, 1.82) is 5.41 Å². The van der Waals surface area contributed by atoms with Crippen LogP contribution in [0.25, 0.3) is 6.08 Å². The minimum absolute atomic E-state index is 0.0340. The lowest BCUT2D eigenvalue weighted by Crippen LogP contribution is -2.35. The van der Waals surface area contributed by atoms with Crippen molar-refractivity contribution in [3.05, 3.63) is 70.3 Å². The van der Waals surface area contributed by atoms with E-state index in [9.17, 15) is 4.79 Å². The number of carbonyl (C=O) groups is 1. The molecule has 2 aliphatic heterocycles. The van der Waals surface area contributed by atoms with E-state index in [0.717, 1.165) is 11.3 Å². The van der Waals surface area contributed by atoms with Crippen molar-refractivity contribution >= 4 is 51.4 Å². The molecule has 2 heterocycles. The summed E-state index contributed by atoms with van der Waals surface area (Å²) in [6.45, 7) is 2.20. The van der Waals surface area contributed by atoms with Gasteiger partial charge in [0, 0.05) is 5.02 Å². The van der Waals surface area contributed by atoms with Gasteiger partial charge in [-0.15, -0.1) is 0 Å². The first-order valence-electron chi connectivity index (χ1n) is 8.45. The highest BCUT2D eigenvalue weighted by Crippen LogP contribution is 2.29. The SMILES string of the molecule is Cc1ccccc1OCC1=NN2C(=N)/C(=C/c3ccccc3Cl)C(=O)N=C2S1. The molecule has 0 aliphatic carbocycles. The molecule has 1 N–H and O–H groups in total. The minimum Gasteiger partial charge on any atom is -0.486 e. The van der Waals surface area contributed by atoms with E-state index < -0.39 is 5.91 Å². The quantitative estimate of drug-likeness (QED) is 0.760. The molecule has 2 aromatic rings. The molecule has 1 amide bonds. The average molecular weight is 411 g/mol. The zero-order valence-electron chi connectivity index (χ0n) is 14.8. The first-order valence-corrected chi connectivity index (χ1v) is 9.64. The first-order chi connectivity index (χ1) is 13.5. The number of nitrogens with one attached hydrogen (secondary N) is 1. The summed E-state index contributed by atoms with van der Waals surface area (Å²) in [5, 5.41) is 15.6. The lowest BCUT2D eigenvalue weighted by molar-refractivity contribution is -0.114. The summed E-state index contributed by atoms with van der Waals surface area (Å²) in [6, 6.07) is 14.8. The third-order valence-electron chi connectivity index (χ3n) is 4.15. The van der Waals surface area contributed by atoms with E-state index in [0.29, 0.717) is 20.8 Å². The third-order valence-corrected chi connectivity index (χ3v) is 5.37. The van der Waals surface area contributed by atoms with Crippen LogP contribution in [0.1, 0.15) is 11.1 Å². The van der Waals surface area contributed by atoms with Crippen LogP contribution in [0, 0.1) is 12.3 Å². The molecule has 0 radical (unpaired) electrons. The van der Waals surface area contributed by atoms with Gasteiger partial charge in [0.1, 0.15) is 17.4 Å². The molecule has 28 heavy (non-hydrogen) atoms. The van der Waals surface area contributed by atoms with Gasteiger partial charge >= 0.3 is 0 Å². The number of aliphatic imine (C=N–C) groups is 1. The van der Waals surface area contributed by atoms with Gasteiger partial charge in [0.25, 0.3) is 5.91 Å². The van der Waals surface area contributed by atoms with Crippen LogP contribution < -0.4 is 4.74 Å². The highest BCUT2D eigenvalue weighted by molar-refractivity contribution is 8.27. The fourth-order valence-electron chi connectivity index (χ4n) is 2.70. The summed E-state index contributed by atoms with van der Waals surface area (Å²) in [5.74, 6) is 0.247. The van der Waals surface area contributed by atoms with E-state index in [2.05, 4.69) is 10.1 Å². The first kappa shape index (κ1) is 18.5. The van der Waals surface area contributed by atoms with Gasteiger partial charge in [0.2, 0.25) is 5.17 Å². The van der Waals surface area contributed by atoms with Gasteiger partial charge in [-0.25, -0.2) is 0 Å². The van der Waals surface area contributed by atoms with Crippen LogP contribution in [0.4, 0.5) is 0 Å². The highest BCUT2D eigenvalue weighted by Gasteiger charge is 2.35. The summed E-state index contributed by atoms with van der Waals surface area (Å²) in [7, 11) is 0. The van der Waals surface area contributed by atoms with Gasteiger partial charge in [-0.3, -0.25) is 10.2 Å². The van der Waals surface area contributed by atoms with Crippen LogP contribution in [0.3, 0.4) is 0 Å². The number of amidine groups is 2. The number of benzene rings is 2. The molecule has 2 aliphatic rings. The third kappa shape index (κ3) is 3.58. The molecule has 0 saturated heterocycles. The summed E-state index contributed by atoms with van der Waals surface area (Å²) in [6.07, 6.45) is 1.56. The minimum atomic E-state index is -0.486. The Labute approximate surface area is 171 Å². The Morgan fingerprint density at radius 3 is 2.75 bits per heavy atom. The van der Waals surface area contributed by atoms with Crippen LogP contribution in [0.5, 0.6) is 5.75 Å². The Bertz CT molecular complexity index is 1080. The van der Waals surface area contributed by atoms with Gasteiger partial charge in [-0.2, -0.15) is 15.1 Å². The second kappa shape index (κ2) is 7.61. The Hall–Kier alpha value is -2.90. The molecule has 0 bridgehead atoms. The lowest BCUT2D eigenvalue weighted by Gasteiger charge is -2.20. The molecule has 0 saturated carbocycles. The van der Waals surface area contributed by atoms with Crippen molar-refractivity contribution < 1.29 is 9.53 Å². The van der Waals surface area contributed by atoms with E-state index in [-0.39, 0.29) is 18.0 Å². The van der Waals surface area contributed by atoms with Gasteiger partial charge in [0.05, 0.1) is 5.57 Å². The highest BCUT2D eigenvalue weighted by atomic mass is 35.5. The van der Waals surface area contributed by atoms with Gasteiger partial charge in [-0.05, 0) is 48.0 Å². The van der Waals surface area contributed by atoms with E-state index in [4.69, 9.17) is 21.7 Å². The second-order valence-corrected chi connectivity index (χ2v) is 7.54. The summed E-state index contributed by atoms with van der Waals surface area (Å²) in [5.41, 5.74) is 1.81. The van der Waals surface area contributed by atoms with Gasteiger partial charge < -0.3 is 4.74 Å². The number of ether oxygens (including phenoxy) is 1. The van der Waals surface area contributed by atoms with E-state index in [1.807, 2.05) is 37.3 Å². The number of halogens is 1. The van der Waals surface area contributed by atoms with E-state index >= 15 is 0 Å². The fraction of sp³-hybridized carbons (Fsp3) is 0.100. The maximum absolute atomic E-state index is 12.4. The maximum atomic E-state index is 12.4. The Balaban J connectivity index is 1.55. The predicted octanol–water partition coefficient (Wildman–Crippen LogP) is 4.35.